The summed E-state index contributed by atoms with van der Waals surface area (Å²) in [4.78, 5) is 37.8. The number of anilines is 1. The molecule has 0 unspecified atom stereocenters. The quantitative estimate of drug-likeness (QED) is 0.772. The molecule has 0 saturated heterocycles. The first-order valence-electron chi connectivity index (χ1n) is 10.9. The zero-order chi connectivity index (χ0) is 21.4. The summed E-state index contributed by atoms with van der Waals surface area (Å²) in [5.41, 5.74) is -0.721. The van der Waals surface area contributed by atoms with Gasteiger partial charge in [-0.05, 0) is 44.7 Å². The molecule has 2 saturated carbocycles. The van der Waals surface area contributed by atoms with Gasteiger partial charge in [0.2, 0.25) is 0 Å². The molecule has 1 atom stereocenters. The van der Waals surface area contributed by atoms with Crippen LogP contribution in [-0.4, -0.2) is 26.3 Å². The van der Waals surface area contributed by atoms with E-state index in [-0.39, 0.29) is 17.5 Å². The monoisotopic (exact) mass is 417 g/mol. The number of hydrogen-bond donors (Lipinski definition) is 2. The van der Waals surface area contributed by atoms with E-state index >= 15 is 0 Å². The van der Waals surface area contributed by atoms with Crippen LogP contribution in [0.2, 0.25) is 0 Å². The number of carboxylic acid groups (broad SMARTS) is 1. The lowest BCUT2D eigenvalue weighted by Gasteiger charge is -2.25. The fraction of sp³-hybridized carbons (Fsp3) is 0.591. The van der Waals surface area contributed by atoms with Crippen LogP contribution in [0.5, 0.6) is 0 Å². The summed E-state index contributed by atoms with van der Waals surface area (Å²) >= 11 is 0. The minimum atomic E-state index is -1.33. The number of halogens is 1. The third kappa shape index (κ3) is 3.63. The van der Waals surface area contributed by atoms with Crippen LogP contribution in [-0.2, 0) is 4.79 Å². The lowest BCUT2D eigenvalue weighted by Crippen LogP contribution is -2.44. The topological polar surface area (TPSA) is 93.3 Å². The van der Waals surface area contributed by atoms with E-state index in [9.17, 15) is 23.9 Å². The van der Waals surface area contributed by atoms with Crippen LogP contribution in [0, 0.1) is 5.82 Å². The lowest BCUT2D eigenvalue weighted by molar-refractivity contribution is -0.140. The molecule has 0 aliphatic heterocycles. The first kappa shape index (κ1) is 20.6. The van der Waals surface area contributed by atoms with Crippen LogP contribution in [0.3, 0.4) is 0 Å². The van der Waals surface area contributed by atoms with Crippen LogP contribution < -0.4 is 16.6 Å². The first-order valence-corrected chi connectivity index (χ1v) is 10.9. The molecule has 7 nitrogen and oxygen atoms in total. The Balaban J connectivity index is 1.92. The second-order valence-electron chi connectivity index (χ2n) is 8.61. The van der Waals surface area contributed by atoms with Gasteiger partial charge in [0.25, 0.3) is 5.56 Å². The molecular formula is C22H28FN3O4. The Hall–Kier alpha value is -2.64. The van der Waals surface area contributed by atoms with Crippen molar-refractivity contribution in [3.05, 3.63) is 38.8 Å². The average Bonchev–Trinajstić information content (AvgIpc) is 3.24. The normalized spacial score (nSPS) is 19.3. The Bertz CT molecular complexity index is 1080. The van der Waals surface area contributed by atoms with Gasteiger partial charge in [0.05, 0.1) is 16.6 Å². The molecule has 0 bridgehead atoms. The van der Waals surface area contributed by atoms with Gasteiger partial charge in [0, 0.05) is 12.1 Å². The molecule has 1 heterocycles. The molecule has 4 rings (SSSR count). The number of aliphatic carboxylic acids is 1. The molecule has 0 radical (unpaired) electrons. The highest BCUT2D eigenvalue weighted by Crippen LogP contribution is 2.32. The van der Waals surface area contributed by atoms with E-state index in [1.165, 1.54) is 17.9 Å². The largest absolute Gasteiger partial charge is 0.480 e. The fourth-order valence-electron chi connectivity index (χ4n) is 4.91. The maximum atomic E-state index is 14.9. The van der Waals surface area contributed by atoms with E-state index in [1.54, 1.807) is 6.07 Å². The lowest BCUT2D eigenvalue weighted by atomic mass is 9.95. The number of benzene rings is 1. The van der Waals surface area contributed by atoms with Gasteiger partial charge in [-0.25, -0.2) is 18.5 Å². The molecule has 2 fully saturated rings. The summed E-state index contributed by atoms with van der Waals surface area (Å²) in [5.74, 6) is -1.83. The highest BCUT2D eigenvalue weighted by atomic mass is 19.1. The van der Waals surface area contributed by atoms with E-state index in [2.05, 4.69) is 5.32 Å². The van der Waals surface area contributed by atoms with E-state index in [4.69, 9.17) is 0 Å². The highest BCUT2D eigenvalue weighted by Gasteiger charge is 2.28. The molecule has 162 valence electrons. The van der Waals surface area contributed by atoms with E-state index < -0.39 is 29.1 Å². The molecule has 8 heteroatoms. The Morgan fingerprint density at radius 2 is 1.73 bits per heavy atom. The number of hydrogen-bond acceptors (Lipinski definition) is 4. The van der Waals surface area contributed by atoms with Crippen LogP contribution in [0.1, 0.15) is 76.8 Å². The number of aromatic nitrogens is 2. The van der Waals surface area contributed by atoms with E-state index in [0.717, 1.165) is 62.0 Å². The van der Waals surface area contributed by atoms with Crippen molar-refractivity contribution in [3.63, 3.8) is 0 Å². The Kier molecular flexibility index (Phi) is 5.66. The van der Waals surface area contributed by atoms with Gasteiger partial charge in [0.15, 0.2) is 0 Å². The summed E-state index contributed by atoms with van der Waals surface area (Å²) in [6.07, 6.45) is 8.76. The smallest absolute Gasteiger partial charge is 0.332 e. The van der Waals surface area contributed by atoms with Crippen molar-refractivity contribution in [3.8, 4) is 0 Å². The van der Waals surface area contributed by atoms with Crippen molar-refractivity contribution in [2.24, 2.45) is 0 Å². The van der Waals surface area contributed by atoms with Crippen LogP contribution in [0.25, 0.3) is 10.9 Å². The van der Waals surface area contributed by atoms with Gasteiger partial charge in [0.1, 0.15) is 11.9 Å². The van der Waals surface area contributed by atoms with Crippen molar-refractivity contribution < 1.29 is 14.3 Å². The number of carboxylic acids is 1. The molecule has 1 aromatic heterocycles. The van der Waals surface area contributed by atoms with Gasteiger partial charge in [-0.3, -0.25) is 9.36 Å². The average molecular weight is 417 g/mol. The van der Waals surface area contributed by atoms with Gasteiger partial charge in [-0.2, -0.15) is 0 Å². The number of nitrogens with one attached hydrogen (secondary N) is 1. The molecule has 30 heavy (non-hydrogen) atoms. The summed E-state index contributed by atoms with van der Waals surface area (Å²) in [5, 5.41) is 12.7. The molecule has 0 amide bonds. The first-order chi connectivity index (χ1) is 14.4. The summed E-state index contributed by atoms with van der Waals surface area (Å²) in [7, 11) is 0. The molecule has 0 spiro atoms. The predicted molar refractivity (Wildman–Crippen MR) is 113 cm³/mol. The zero-order valence-electron chi connectivity index (χ0n) is 17.2. The van der Waals surface area contributed by atoms with Gasteiger partial charge in [-0.15, -0.1) is 0 Å². The van der Waals surface area contributed by atoms with Gasteiger partial charge in [-0.1, -0.05) is 32.1 Å². The van der Waals surface area contributed by atoms with Crippen molar-refractivity contribution in [1.29, 1.82) is 0 Å². The molecule has 1 aromatic carbocycles. The number of fused-ring (bicyclic) bond motifs is 1. The maximum absolute atomic E-state index is 14.9. The van der Waals surface area contributed by atoms with Gasteiger partial charge < -0.3 is 10.4 Å². The molecule has 2 aliphatic rings. The van der Waals surface area contributed by atoms with Crippen LogP contribution >= 0.6 is 0 Å². The van der Waals surface area contributed by atoms with Crippen molar-refractivity contribution >= 4 is 22.6 Å². The standard InChI is InChI=1S/C22H28FN3O4/c1-13(21(28)29)25-20(27)16-11-17(23)18(24-14-7-3-2-4-8-14)12-19(16)26(22(25)30)15-9-5-6-10-15/h11-15,24H,2-10H2,1H3,(H,28,29)/t13-/m0/s1. The Labute approximate surface area is 173 Å². The maximum Gasteiger partial charge on any atom is 0.332 e. The van der Waals surface area contributed by atoms with Crippen LogP contribution in [0.15, 0.2) is 21.7 Å². The molecule has 2 N–H and O–H groups in total. The minimum absolute atomic E-state index is 0.0429. The predicted octanol–water partition coefficient (Wildman–Crippen LogP) is 3.81. The fourth-order valence-corrected chi connectivity index (χ4v) is 4.91. The number of carbonyl (C=O) groups is 1. The Morgan fingerprint density at radius 3 is 2.37 bits per heavy atom. The molecule has 2 aromatic rings. The third-order valence-corrected chi connectivity index (χ3v) is 6.61. The zero-order valence-corrected chi connectivity index (χ0v) is 17.2. The molecular weight excluding hydrogens is 389 g/mol. The number of nitrogens with zero attached hydrogens (tertiary/aromatic N) is 2. The highest BCUT2D eigenvalue weighted by molar-refractivity contribution is 5.83. The molecule has 2 aliphatic carbocycles. The Morgan fingerprint density at radius 1 is 1.10 bits per heavy atom. The second-order valence-corrected chi connectivity index (χ2v) is 8.61. The van der Waals surface area contributed by atoms with Crippen molar-refractivity contribution in [2.75, 3.05) is 5.32 Å². The van der Waals surface area contributed by atoms with Crippen molar-refractivity contribution in [2.45, 2.75) is 82.8 Å². The van der Waals surface area contributed by atoms with Crippen LogP contribution in [0.4, 0.5) is 10.1 Å². The van der Waals surface area contributed by atoms with Crippen molar-refractivity contribution in [1.82, 2.24) is 9.13 Å². The summed E-state index contributed by atoms with van der Waals surface area (Å²) in [6, 6.07) is 1.44. The second kappa shape index (κ2) is 8.24. The van der Waals surface area contributed by atoms with E-state index in [1.807, 2.05) is 0 Å². The summed E-state index contributed by atoms with van der Waals surface area (Å²) in [6.45, 7) is 1.30. The summed E-state index contributed by atoms with van der Waals surface area (Å²) < 4.78 is 17.2. The van der Waals surface area contributed by atoms with E-state index in [0.29, 0.717) is 11.2 Å². The van der Waals surface area contributed by atoms with Gasteiger partial charge >= 0.3 is 11.7 Å². The SMILES string of the molecule is C[C@@H](C(=O)O)n1c(=O)c2cc(F)c(NC3CCCCC3)cc2n(C2CCCC2)c1=O. The number of rotatable bonds is 5. The third-order valence-electron chi connectivity index (χ3n) is 6.61. The minimum Gasteiger partial charge on any atom is -0.480 e.